The summed E-state index contributed by atoms with van der Waals surface area (Å²) >= 11 is 0. The van der Waals surface area contributed by atoms with E-state index in [2.05, 4.69) is 6.58 Å². The molecule has 0 radical (unpaired) electrons. The van der Waals surface area contributed by atoms with Crippen molar-refractivity contribution in [3.8, 4) is 11.5 Å². The average Bonchev–Trinajstić information content (AvgIpc) is 2.45. The number of hydrogen-bond donors (Lipinski definition) is 1. The maximum Gasteiger partial charge on any atom is 0.311 e. The van der Waals surface area contributed by atoms with Gasteiger partial charge in [-0.15, -0.1) is 6.58 Å². The third kappa shape index (κ3) is 4.21. The van der Waals surface area contributed by atoms with Gasteiger partial charge in [0.25, 0.3) is 0 Å². The Morgan fingerprint density at radius 3 is 2.43 bits per heavy atom. The minimum atomic E-state index is -0.852. The van der Waals surface area contributed by atoms with Crippen LogP contribution in [0.3, 0.4) is 0 Å². The first-order valence-corrected chi connectivity index (χ1v) is 6.76. The SMILES string of the molecule is C=C(C)CC(C(=O)O)c1cccc(Oc2ccccc2)c1. The molecule has 0 aliphatic rings. The number of carbonyl (C=O) groups is 1. The number of carboxylic acid groups (broad SMARTS) is 1. The molecule has 2 rings (SSSR count). The summed E-state index contributed by atoms with van der Waals surface area (Å²) in [6.07, 6.45) is 0.421. The van der Waals surface area contributed by atoms with Crippen molar-refractivity contribution in [3.05, 3.63) is 72.3 Å². The molecule has 0 bridgehead atoms. The van der Waals surface area contributed by atoms with Crippen LogP contribution >= 0.6 is 0 Å². The van der Waals surface area contributed by atoms with Crippen molar-refractivity contribution in [3.63, 3.8) is 0 Å². The lowest BCUT2D eigenvalue weighted by Gasteiger charge is -2.14. The number of ether oxygens (including phenoxy) is 1. The molecule has 1 unspecified atom stereocenters. The van der Waals surface area contributed by atoms with Crippen LogP contribution in [0.15, 0.2) is 66.7 Å². The third-order valence-corrected chi connectivity index (χ3v) is 3.09. The largest absolute Gasteiger partial charge is 0.481 e. The highest BCUT2D eigenvalue weighted by molar-refractivity contribution is 5.76. The molecule has 0 amide bonds. The maximum atomic E-state index is 11.4. The van der Waals surface area contributed by atoms with Gasteiger partial charge >= 0.3 is 5.97 Å². The summed E-state index contributed by atoms with van der Waals surface area (Å²) in [6, 6.07) is 16.6. The molecule has 0 saturated carbocycles. The van der Waals surface area contributed by atoms with Crippen molar-refractivity contribution in [2.24, 2.45) is 0 Å². The highest BCUT2D eigenvalue weighted by Gasteiger charge is 2.20. The number of carboxylic acids is 1. The molecule has 3 nitrogen and oxygen atoms in total. The highest BCUT2D eigenvalue weighted by atomic mass is 16.5. The molecule has 3 heteroatoms. The molecule has 1 N–H and O–H groups in total. The number of benzene rings is 2. The zero-order valence-corrected chi connectivity index (χ0v) is 12.0. The monoisotopic (exact) mass is 282 g/mol. The summed E-state index contributed by atoms with van der Waals surface area (Å²) in [4.78, 5) is 11.4. The first-order chi connectivity index (χ1) is 10.1. The minimum absolute atomic E-state index is 0.421. The van der Waals surface area contributed by atoms with Crippen molar-refractivity contribution in [2.45, 2.75) is 19.3 Å². The zero-order valence-electron chi connectivity index (χ0n) is 12.0. The van der Waals surface area contributed by atoms with Crippen LogP contribution < -0.4 is 4.74 Å². The summed E-state index contributed by atoms with van der Waals surface area (Å²) in [6.45, 7) is 5.63. The summed E-state index contributed by atoms with van der Waals surface area (Å²) in [7, 11) is 0. The van der Waals surface area contributed by atoms with E-state index in [1.165, 1.54) is 0 Å². The van der Waals surface area contributed by atoms with E-state index in [9.17, 15) is 9.90 Å². The molecule has 0 spiro atoms. The first-order valence-electron chi connectivity index (χ1n) is 6.76. The second-order valence-corrected chi connectivity index (χ2v) is 5.04. The average molecular weight is 282 g/mol. The third-order valence-electron chi connectivity index (χ3n) is 3.09. The molecule has 0 aromatic heterocycles. The van der Waals surface area contributed by atoms with Crippen molar-refractivity contribution < 1.29 is 14.6 Å². The lowest BCUT2D eigenvalue weighted by molar-refractivity contribution is -0.138. The van der Waals surface area contributed by atoms with Gasteiger partial charge in [-0.25, -0.2) is 0 Å². The summed E-state index contributed by atoms with van der Waals surface area (Å²) in [5, 5.41) is 9.37. The Kier molecular flexibility index (Phi) is 4.77. The zero-order chi connectivity index (χ0) is 15.2. The predicted octanol–water partition coefficient (Wildman–Crippen LogP) is 4.61. The number of aliphatic carboxylic acids is 1. The van der Waals surface area contributed by atoms with Gasteiger partial charge in [0.2, 0.25) is 0 Å². The van der Waals surface area contributed by atoms with E-state index in [1.54, 1.807) is 12.1 Å². The Balaban J connectivity index is 2.23. The second kappa shape index (κ2) is 6.75. The van der Waals surface area contributed by atoms with Gasteiger partial charge in [-0.3, -0.25) is 4.79 Å². The van der Waals surface area contributed by atoms with Crippen molar-refractivity contribution in [1.29, 1.82) is 0 Å². The van der Waals surface area contributed by atoms with Gasteiger partial charge in [0.05, 0.1) is 5.92 Å². The minimum Gasteiger partial charge on any atom is -0.481 e. The van der Waals surface area contributed by atoms with Crippen molar-refractivity contribution in [2.75, 3.05) is 0 Å². The van der Waals surface area contributed by atoms with Crippen LogP contribution in [0, 0.1) is 0 Å². The van der Waals surface area contributed by atoms with Gasteiger partial charge in [0.1, 0.15) is 11.5 Å². The van der Waals surface area contributed by atoms with Crippen LogP contribution in [0.25, 0.3) is 0 Å². The van der Waals surface area contributed by atoms with Crippen LogP contribution in [-0.2, 0) is 4.79 Å². The van der Waals surface area contributed by atoms with Gasteiger partial charge < -0.3 is 9.84 Å². The van der Waals surface area contributed by atoms with E-state index in [4.69, 9.17) is 4.74 Å². The Bertz CT molecular complexity index is 632. The normalized spacial score (nSPS) is 11.7. The Hall–Kier alpha value is -2.55. The first kappa shape index (κ1) is 14.9. The van der Waals surface area contributed by atoms with Crippen LogP contribution in [0.5, 0.6) is 11.5 Å². The van der Waals surface area contributed by atoms with Gasteiger partial charge in [0, 0.05) is 0 Å². The van der Waals surface area contributed by atoms with E-state index in [-0.39, 0.29) is 0 Å². The van der Waals surface area contributed by atoms with Crippen LogP contribution in [0.2, 0.25) is 0 Å². The molecule has 0 aliphatic heterocycles. The standard InChI is InChI=1S/C18H18O3/c1-13(2)11-17(18(19)20)14-7-6-10-16(12-14)21-15-8-4-3-5-9-15/h3-10,12,17H,1,11H2,2H3,(H,19,20). The van der Waals surface area contributed by atoms with Crippen molar-refractivity contribution >= 4 is 5.97 Å². The van der Waals surface area contributed by atoms with Crippen LogP contribution in [0.4, 0.5) is 0 Å². The van der Waals surface area contributed by atoms with Gasteiger partial charge in [-0.05, 0) is 43.2 Å². The maximum absolute atomic E-state index is 11.4. The topological polar surface area (TPSA) is 46.5 Å². The number of allylic oxidation sites excluding steroid dienone is 1. The molecule has 0 fully saturated rings. The van der Waals surface area contributed by atoms with E-state index < -0.39 is 11.9 Å². The summed E-state index contributed by atoms with van der Waals surface area (Å²) in [5.41, 5.74) is 1.57. The number of para-hydroxylation sites is 1. The highest BCUT2D eigenvalue weighted by Crippen LogP contribution is 2.28. The van der Waals surface area contributed by atoms with Crippen molar-refractivity contribution in [1.82, 2.24) is 0 Å². The molecule has 2 aromatic rings. The molecular weight excluding hydrogens is 264 g/mol. The van der Waals surface area contributed by atoms with E-state index in [1.807, 2.05) is 49.4 Å². The van der Waals surface area contributed by atoms with Gasteiger partial charge in [0.15, 0.2) is 0 Å². The predicted molar refractivity (Wildman–Crippen MR) is 82.8 cm³/mol. The Labute approximate surface area is 124 Å². The van der Waals surface area contributed by atoms with Gasteiger partial charge in [-0.2, -0.15) is 0 Å². The smallest absolute Gasteiger partial charge is 0.311 e. The van der Waals surface area contributed by atoms with E-state index in [0.717, 1.165) is 16.9 Å². The molecule has 108 valence electrons. The molecule has 0 saturated heterocycles. The fourth-order valence-corrected chi connectivity index (χ4v) is 2.12. The quantitative estimate of drug-likeness (QED) is 0.787. The second-order valence-electron chi connectivity index (χ2n) is 5.04. The summed E-state index contributed by atoms with van der Waals surface area (Å²) < 4.78 is 5.74. The fourth-order valence-electron chi connectivity index (χ4n) is 2.12. The lowest BCUT2D eigenvalue weighted by Crippen LogP contribution is -2.12. The summed E-state index contributed by atoms with van der Waals surface area (Å²) in [5.74, 6) is -0.0928. The number of hydrogen-bond acceptors (Lipinski definition) is 2. The number of rotatable bonds is 6. The Morgan fingerprint density at radius 2 is 1.81 bits per heavy atom. The van der Waals surface area contributed by atoms with E-state index in [0.29, 0.717) is 12.2 Å². The van der Waals surface area contributed by atoms with Crippen LogP contribution in [-0.4, -0.2) is 11.1 Å². The molecule has 21 heavy (non-hydrogen) atoms. The molecule has 0 aliphatic carbocycles. The molecule has 0 heterocycles. The molecule has 1 atom stereocenters. The molecule has 2 aromatic carbocycles. The lowest BCUT2D eigenvalue weighted by atomic mass is 9.93. The Morgan fingerprint density at radius 1 is 1.14 bits per heavy atom. The fraction of sp³-hybridized carbons (Fsp3) is 0.167. The van der Waals surface area contributed by atoms with E-state index >= 15 is 0 Å². The van der Waals surface area contributed by atoms with Gasteiger partial charge in [-0.1, -0.05) is 35.9 Å². The molecular formula is C18H18O3. The van der Waals surface area contributed by atoms with Crippen LogP contribution in [0.1, 0.15) is 24.8 Å².